The molecule has 0 atom stereocenters. The van der Waals surface area contributed by atoms with E-state index in [-0.39, 0.29) is 39.6 Å². The number of aliphatic hydroxyl groups excluding tert-OH is 6. The highest BCUT2D eigenvalue weighted by atomic mass is 16.3. The van der Waals surface area contributed by atoms with Crippen LogP contribution in [-0.2, 0) is 0 Å². The summed E-state index contributed by atoms with van der Waals surface area (Å²) in [6.07, 6.45) is 43.5. The Kier molecular flexibility index (Phi) is 95.1. The van der Waals surface area contributed by atoms with Gasteiger partial charge in [-0.2, -0.15) is 0 Å². The minimum Gasteiger partial charge on any atom is -0.397 e. The second-order valence-corrected chi connectivity index (χ2v) is 12.2. The Hall–Kier alpha value is -0.240. The van der Waals surface area contributed by atoms with Gasteiger partial charge in [-0.15, -0.1) is 0 Å². The van der Waals surface area contributed by atoms with E-state index < -0.39 is 0 Å². The number of rotatable bonds is 0. The summed E-state index contributed by atoms with van der Waals surface area (Å²) in [4.78, 5) is 0. The van der Waals surface area contributed by atoms with Crippen molar-refractivity contribution in [1.29, 1.82) is 0 Å². The molecular formula is C41H94O6. The molecule has 1 fully saturated rings. The summed E-state index contributed by atoms with van der Waals surface area (Å²) in [6.45, 7) is 11.6. The van der Waals surface area contributed by atoms with E-state index in [1.807, 2.05) is 0 Å². The summed E-state index contributed by atoms with van der Waals surface area (Å²) in [5.74, 6) is 0. The highest BCUT2D eigenvalue weighted by Crippen LogP contribution is 2.17. The standard InChI is InChI=1S/C29H58.6C2H6O/c1-2-4-6-8-10-12-14-16-18-20-22-24-26-28-29-27-25-23-21-19-17-15-13-11-9-7-5-3-1;6*1-2-3/h1-29H2;6*3H,2H2,1H3. The lowest BCUT2D eigenvalue weighted by molar-refractivity contribution is 0.318. The maximum atomic E-state index is 7.57. The van der Waals surface area contributed by atoms with Crippen molar-refractivity contribution in [2.45, 2.75) is 228 Å². The number of hydrogen-bond acceptors (Lipinski definition) is 6. The van der Waals surface area contributed by atoms with Crippen molar-refractivity contribution in [3.8, 4) is 0 Å². The van der Waals surface area contributed by atoms with E-state index in [9.17, 15) is 0 Å². The second-order valence-electron chi connectivity index (χ2n) is 12.2. The SMILES string of the molecule is C1CCCCCCCCCCCCCCCCCCCCCCCCCCCC1.CCO.CCO.CCO.CCO.CCO.CCO. The van der Waals surface area contributed by atoms with E-state index in [0.717, 1.165) is 0 Å². The fourth-order valence-corrected chi connectivity index (χ4v) is 5.13. The molecule has 0 saturated heterocycles. The van der Waals surface area contributed by atoms with E-state index >= 15 is 0 Å². The highest BCUT2D eigenvalue weighted by molar-refractivity contribution is 4.53. The first kappa shape index (κ1) is 58.9. The molecule has 0 aromatic carbocycles. The largest absolute Gasteiger partial charge is 0.397 e. The molecule has 47 heavy (non-hydrogen) atoms. The third kappa shape index (κ3) is 106. The van der Waals surface area contributed by atoms with E-state index in [1.165, 1.54) is 186 Å². The van der Waals surface area contributed by atoms with Gasteiger partial charge in [-0.1, -0.05) is 186 Å². The van der Waals surface area contributed by atoms with E-state index in [0.29, 0.717) is 0 Å². The predicted molar refractivity (Wildman–Crippen MR) is 210 cm³/mol. The molecular weight excluding hydrogens is 588 g/mol. The lowest BCUT2D eigenvalue weighted by Gasteiger charge is -2.04. The summed E-state index contributed by atoms with van der Waals surface area (Å²) in [5.41, 5.74) is 0. The van der Waals surface area contributed by atoms with Gasteiger partial charge in [0.05, 0.1) is 0 Å². The third-order valence-corrected chi connectivity index (χ3v) is 7.25. The number of hydrogen-bond donors (Lipinski definition) is 6. The van der Waals surface area contributed by atoms with Crippen LogP contribution in [0.3, 0.4) is 0 Å². The molecule has 0 unspecified atom stereocenters. The van der Waals surface area contributed by atoms with Crippen LogP contribution in [0.2, 0.25) is 0 Å². The Balaban J connectivity index is -0.000000193. The minimum atomic E-state index is 0.250. The smallest absolute Gasteiger partial charge is 0.0402 e. The first-order valence-corrected chi connectivity index (χ1v) is 20.6. The second kappa shape index (κ2) is 75.9. The van der Waals surface area contributed by atoms with Crippen LogP contribution in [0.25, 0.3) is 0 Å². The molecule has 6 heteroatoms. The van der Waals surface area contributed by atoms with E-state index in [1.54, 1.807) is 41.5 Å². The van der Waals surface area contributed by atoms with Gasteiger partial charge >= 0.3 is 0 Å². The van der Waals surface area contributed by atoms with Crippen LogP contribution in [0.15, 0.2) is 0 Å². The highest BCUT2D eigenvalue weighted by Gasteiger charge is 1.97. The molecule has 1 saturated carbocycles. The Bertz CT molecular complexity index is 229. The molecule has 1 aliphatic rings. The Labute approximate surface area is 297 Å². The third-order valence-electron chi connectivity index (χ3n) is 7.25. The summed E-state index contributed by atoms with van der Waals surface area (Å²) in [6, 6.07) is 0. The van der Waals surface area contributed by atoms with Crippen molar-refractivity contribution >= 4 is 0 Å². The molecule has 1 aliphatic carbocycles. The summed E-state index contributed by atoms with van der Waals surface area (Å²) in [7, 11) is 0. The average Bonchev–Trinajstić information content (AvgIpc) is 3.03. The van der Waals surface area contributed by atoms with Gasteiger partial charge in [0, 0.05) is 39.6 Å². The van der Waals surface area contributed by atoms with Crippen LogP contribution in [0.5, 0.6) is 0 Å². The normalized spacial score (nSPS) is 17.1. The fourth-order valence-electron chi connectivity index (χ4n) is 5.13. The number of aliphatic hydroxyl groups is 6. The Morgan fingerprint density at radius 3 is 0.213 bits per heavy atom. The van der Waals surface area contributed by atoms with Crippen molar-refractivity contribution in [2.24, 2.45) is 0 Å². The van der Waals surface area contributed by atoms with Crippen molar-refractivity contribution in [3.63, 3.8) is 0 Å². The zero-order chi connectivity index (χ0) is 36.7. The Morgan fingerprint density at radius 2 is 0.191 bits per heavy atom. The van der Waals surface area contributed by atoms with Crippen molar-refractivity contribution < 1.29 is 30.6 Å². The van der Waals surface area contributed by atoms with Gasteiger partial charge in [0.2, 0.25) is 0 Å². The molecule has 294 valence electrons. The molecule has 0 aromatic heterocycles. The molecule has 0 heterocycles. The van der Waals surface area contributed by atoms with E-state index in [4.69, 9.17) is 30.6 Å². The van der Waals surface area contributed by atoms with Crippen molar-refractivity contribution in [1.82, 2.24) is 0 Å². The van der Waals surface area contributed by atoms with E-state index in [2.05, 4.69) is 0 Å². The van der Waals surface area contributed by atoms with Gasteiger partial charge in [0.25, 0.3) is 0 Å². The maximum Gasteiger partial charge on any atom is 0.0402 e. The van der Waals surface area contributed by atoms with Crippen molar-refractivity contribution in [2.75, 3.05) is 39.6 Å². The lowest BCUT2D eigenvalue weighted by Crippen LogP contribution is -1.84. The molecule has 0 amide bonds. The zero-order valence-corrected chi connectivity index (χ0v) is 33.4. The molecule has 1 rings (SSSR count). The van der Waals surface area contributed by atoms with Crippen LogP contribution in [-0.4, -0.2) is 70.3 Å². The predicted octanol–water partition coefficient (Wildman–Crippen LogP) is 11.3. The van der Waals surface area contributed by atoms with Gasteiger partial charge in [-0.3, -0.25) is 0 Å². The van der Waals surface area contributed by atoms with Gasteiger partial charge < -0.3 is 30.6 Å². The summed E-state index contributed by atoms with van der Waals surface area (Å²) < 4.78 is 0. The summed E-state index contributed by atoms with van der Waals surface area (Å²) >= 11 is 0. The van der Waals surface area contributed by atoms with Crippen molar-refractivity contribution in [3.05, 3.63) is 0 Å². The zero-order valence-electron chi connectivity index (χ0n) is 33.4. The Morgan fingerprint density at radius 1 is 0.170 bits per heavy atom. The molecule has 0 radical (unpaired) electrons. The molecule has 6 N–H and O–H groups in total. The van der Waals surface area contributed by atoms with Crippen LogP contribution in [0.1, 0.15) is 228 Å². The fraction of sp³-hybridized carbons (Fsp3) is 1.00. The molecule has 0 bridgehead atoms. The summed E-state index contributed by atoms with van der Waals surface area (Å²) in [5, 5.41) is 45.4. The van der Waals surface area contributed by atoms with Crippen LogP contribution in [0, 0.1) is 0 Å². The quantitative estimate of drug-likeness (QED) is 0.151. The first-order chi connectivity index (χ1) is 23.0. The van der Waals surface area contributed by atoms with Gasteiger partial charge in [0.1, 0.15) is 0 Å². The molecule has 6 nitrogen and oxygen atoms in total. The van der Waals surface area contributed by atoms with Crippen LogP contribution >= 0.6 is 0 Å². The van der Waals surface area contributed by atoms with Gasteiger partial charge in [-0.05, 0) is 41.5 Å². The van der Waals surface area contributed by atoms with Gasteiger partial charge in [0.15, 0.2) is 0 Å². The maximum absolute atomic E-state index is 7.57. The van der Waals surface area contributed by atoms with Crippen LogP contribution < -0.4 is 0 Å². The molecule has 0 aliphatic heterocycles. The van der Waals surface area contributed by atoms with Crippen LogP contribution in [0.4, 0.5) is 0 Å². The molecule has 0 aromatic rings. The first-order valence-electron chi connectivity index (χ1n) is 20.6. The topological polar surface area (TPSA) is 121 Å². The monoisotopic (exact) mass is 683 g/mol. The van der Waals surface area contributed by atoms with Gasteiger partial charge in [-0.25, -0.2) is 0 Å². The lowest BCUT2D eigenvalue weighted by atomic mass is 10.0. The average molecular weight is 683 g/mol. The molecule has 0 spiro atoms. The minimum absolute atomic E-state index is 0.250.